The van der Waals surface area contributed by atoms with E-state index >= 15 is 0 Å². The summed E-state index contributed by atoms with van der Waals surface area (Å²) in [7, 11) is 1.50. The van der Waals surface area contributed by atoms with Gasteiger partial charge in [-0.2, -0.15) is 5.10 Å². The molecule has 0 aliphatic carbocycles. The van der Waals surface area contributed by atoms with Crippen LogP contribution in [-0.4, -0.2) is 33.2 Å². The second-order valence-electron chi connectivity index (χ2n) is 6.81. The predicted molar refractivity (Wildman–Crippen MR) is 110 cm³/mol. The number of amides is 1. The molecule has 0 spiro atoms. The molecule has 1 amide bonds. The molecule has 0 saturated carbocycles. The van der Waals surface area contributed by atoms with E-state index in [2.05, 4.69) is 10.4 Å². The van der Waals surface area contributed by atoms with Gasteiger partial charge in [-0.15, -0.1) is 11.8 Å². The second-order valence-corrected chi connectivity index (χ2v) is 8.27. The maximum atomic E-state index is 13.4. The molecular formula is C21H20FN3O3S. The second kappa shape index (κ2) is 7.44. The number of nitrogens with zero attached hydrogens (tertiary/aromatic N) is 2. The van der Waals surface area contributed by atoms with Crippen LogP contribution in [0.25, 0.3) is 5.69 Å². The van der Waals surface area contributed by atoms with Gasteiger partial charge in [0.25, 0.3) is 0 Å². The van der Waals surface area contributed by atoms with Gasteiger partial charge in [0.15, 0.2) is 11.5 Å². The molecule has 0 bridgehead atoms. The molecule has 1 aliphatic rings. The number of ether oxygens (including phenoxy) is 1. The summed E-state index contributed by atoms with van der Waals surface area (Å²) in [5.41, 5.74) is 3.15. The lowest BCUT2D eigenvalue weighted by Gasteiger charge is -2.18. The van der Waals surface area contributed by atoms with Crippen molar-refractivity contribution in [1.82, 2.24) is 9.78 Å². The maximum Gasteiger partial charge on any atom is 0.238 e. The zero-order valence-electron chi connectivity index (χ0n) is 16.1. The summed E-state index contributed by atoms with van der Waals surface area (Å²) >= 11 is 1.50. The van der Waals surface area contributed by atoms with E-state index in [0.717, 1.165) is 16.8 Å². The zero-order valence-corrected chi connectivity index (χ0v) is 17.0. The number of hydrogen-bond acceptors (Lipinski definition) is 5. The summed E-state index contributed by atoms with van der Waals surface area (Å²) in [6, 6.07) is 11.1. The number of fused-ring (bicyclic) bond motifs is 1. The number of hydrogen-bond donors (Lipinski definition) is 2. The molecule has 29 heavy (non-hydrogen) atoms. The fraction of sp³-hybridized carbons (Fsp3) is 0.238. The van der Waals surface area contributed by atoms with E-state index < -0.39 is 0 Å². The van der Waals surface area contributed by atoms with Crippen molar-refractivity contribution in [2.75, 3.05) is 12.4 Å². The molecule has 1 aromatic heterocycles. The number of methoxy groups -OCH3 is 1. The number of thioether (sulfide) groups is 1. The van der Waals surface area contributed by atoms with E-state index in [0.29, 0.717) is 17.3 Å². The van der Waals surface area contributed by atoms with Gasteiger partial charge in [-0.1, -0.05) is 6.07 Å². The molecule has 6 nitrogen and oxygen atoms in total. The average Bonchev–Trinajstić information content (AvgIpc) is 2.95. The average molecular weight is 413 g/mol. The van der Waals surface area contributed by atoms with Gasteiger partial charge in [0, 0.05) is 5.56 Å². The zero-order chi connectivity index (χ0) is 20.7. The molecule has 1 aliphatic heterocycles. The quantitative estimate of drug-likeness (QED) is 0.673. The number of carbonyl (C=O) groups excluding carboxylic acids is 1. The van der Waals surface area contributed by atoms with Crippen LogP contribution in [0.1, 0.15) is 29.0 Å². The fourth-order valence-corrected chi connectivity index (χ4v) is 4.71. The van der Waals surface area contributed by atoms with Crippen molar-refractivity contribution in [3.8, 4) is 17.2 Å². The third-order valence-corrected chi connectivity index (χ3v) is 6.30. The number of phenols is 1. The summed E-state index contributed by atoms with van der Waals surface area (Å²) in [5, 5.41) is 17.0. The first-order valence-electron chi connectivity index (χ1n) is 9.07. The number of aromatic hydroxyl groups is 1. The maximum absolute atomic E-state index is 13.4. The Morgan fingerprint density at radius 3 is 2.66 bits per heavy atom. The van der Waals surface area contributed by atoms with Gasteiger partial charge in [0.1, 0.15) is 11.6 Å². The van der Waals surface area contributed by atoms with E-state index in [1.807, 2.05) is 19.9 Å². The highest BCUT2D eigenvalue weighted by molar-refractivity contribution is 8.01. The number of benzene rings is 2. The largest absolute Gasteiger partial charge is 0.504 e. The number of halogens is 1. The van der Waals surface area contributed by atoms with E-state index in [1.54, 1.807) is 28.9 Å². The molecule has 8 heteroatoms. The summed E-state index contributed by atoms with van der Waals surface area (Å²) in [5.74, 6) is 0.507. The molecule has 2 aromatic carbocycles. The Kier molecular flexibility index (Phi) is 4.96. The van der Waals surface area contributed by atoms with Crippen molar-refractivity contribution < 1.29 is 19.0 Å². The molecular weight excluding hydrogens is 393 g/mol. The van der Waals surface area contributed by atoms with Crippen LogP contribution < -0.4 is 10.1 Å². The molecule has 0 fully saturated rings. The monoisotopic (exact) mass is 413 g/mol. The van der Waals surface area contributed by atoms with Crippen LogP contribution in [-0.2, 0) is 4.79 Å². The van der Waals surface area contributed by atoms with Crippen LogP contribution >= 0.6 is 11.8 Å². The lowest BCUT2D eigenvalue weighted by Crippen LogP contribution is -2.22. The SMILES string of the molecule is COc1cc([C@H]2S[C@H](C)C(=O)Nc3c2c(C)nn3-c2ccc(F)cc2)ccc1O. The summed E-state index contributed by atoms with van der Waals surface area (Å²) in [6.45, 7) is 3.73. The minimum Gasteiger partial charge on any atom is -0.504 e. The Bertz CT molecular complexity index is 1080. The van der Waals surface area contributed by atoms with E-state index in [9.17, 15) is 14.3 Å². The highest BCUT2D eigenvalue weighted by Gasteiger charge is 2.34. The Balaban J connectivity index is 1.90. The highest BCUT2D eigenvalue weighted by atomic mass is 32.2. The predicted octanol–water partition coefficient (Wildman–Crippen LogP) is 4.20. The van der Waals surface area contributed by atoms with Gasteiger partial charge in [-0.05, 0) is 55.8 Å². The highest BCUT2D eigenvalue weighted by Crippen LogP contribution is 2.47. The van der Waals surface area contributed by atoms with Crippen LogP contribution in [0, 0.1) is 12.7 Å². The fourth-order valence-electron chi connectivity index (χ4n) is 3.40. The number of anilines is 1. The first-order chi connectivity index (χ1) is 13.9. The number of aryl methyl sites for hydroxylation is 1. The van der Waals surface area contributed by atoms with Crippen molar-refractivity contribution in [2.24, 2.45) is 0 Å². The lowest BCUT2D eigenvalue weighted by atomic mass is 10.0. The Morgan fingerprint density at radius 1 is 1.24 bits per heavy atom. The molecule has 0 unspecified atom stereocenters. The topological polar surface area (TPSA) is 76.4 Å². The number of phenolic OH excluding ortho intramolecular Hbond substituents is 1. The van der Waals surface area contributed by atoms with Gasteiger partial charge in [0.2, 0.25) is 5.91 Å². The van der Waals surface area contributed by atoms with Gasteiger partial charge < -0.3 is 15.2 Å². The van der Waals surface area contributed by atoms with E-state index in [1.165, 1.54) is 31.0 Å². The van der Waals surface area contributed by atoms with Crippen molar-refractivity contribution in [3.05, 3.63) is 65.1 Å². The summed E-state index contributed by atoms with van der Waals surface area (Å²) in [4.78, 5) is 12.7. The van der Waals surface area contributed by atoms with E-state index in [-0.39, 0.29) is 28.0 Å². The minimum absolute atomic E-state index is 0.0519. The summed E-state index contributed by atoms with van der Waals surface area (Å²) < 4.78 is 20.3. The molecule has 0 radical (unpaired) electrons. The number of nitrogens with one attached hydrogen (secondary N) is 1. The molecule has 2 atom stereocenters. The third-order valence-electron chi connectivity index (χ3n) is 4.90. The lowest BCUT2D eigenvalue weighted by molar-refractivity contribution is -0.115. The smallest absolute Gasteiger partial charge is 0.238 e. The molecule has 3 aromatic rings. The van der Waals surface area contributed by atoms with Gasteiger partial charge in [-0.3, -0.25) is 4.79 Å². The Hall–Kier alpha value is -3.00. The number of aromatic nitrogens is 2. The Labute approximate surface area is 171 Å². The van der Waals surface area contributed by atoms with Crippen molar-refractivity contribution in [2.45, 2.75) is 24.3 Å². The van der Waals surface area contributed by atoms with Crippen LogP contribution in [0.15, 0.2) is 42.5 Å². The van der Waals surface area contributed by atoms with Gasteiger partial charge in [-0.25, -0.2) is 9.07 Å². The molecule has 2 N–H and O–H groups in total. The summed E-state index contributed by atoms with van der Waals surface area (Å²) in [6.07, 6.45) is 0. The van der Waals surface area contributed by atoms with Crippen LogP contribution in [0.3, 0.4) is 0 Å². The normalized spacial score (nSPS) is 18.7. The first-order valence-corrected chi connectivity index (χ1v) is 10.0. The van der Waals surface area contributed by atoms with Crippen LogP contribution in [0.4, 0.5) is 10.2 Å². The standard InChI is InChI=1S/C21H20FN3O3S/c1-11-18-19(13-4-9-16(26)17(10-13)28-3)29-12(2)21(27)23-20(18)25(24-11)15-7-5-14(22)6-8-15/h4-10,12,19,26H,1-3H3,(H,23,27)/t12-,19-/m1/s1. The molecule has 0 saturated heterocycles. The van der Waals surface area contributed by atoms with Crippen LogP contribution in [0.5, 0.6) is 11.5 Å². The number of carbonyl (C=O) groups is 1. The van der Waals surface area contributed by atoms with Crippen molar-refractivity contribution in [1.29, 1.82) is 0 Å². The third kappa shape index (κ3) is 3.44. The number of rotatable bonds is 3. The van der Waals surface area contributed by atoms with Crippen molar-refractivity contribution in [3.63, 3.8) is 0 Å². The first kappa shape index (κ1) is 19.3. The van der Waals surface area contributed by atoms with Crippen molar-refractivity contribution >= 4 is 23.5 Å². The minimum atomic E-state index is -0.342. The molecule has 2 heterocycles. The van der Waals surface area contributed by atoms with Gasteiger partial charge in [0.05, 0.1) is 29.0 Å². The van der Waals surface area contributed by atoms with Crippen LogP contribution in [0.2, 0.25) is 0 Å². The molecule has 4 rings (SSSR count). The molecule has 150 valence electrons. The van der Waals surface area contributed by atoms with E-state index in [4.69, 9.17) is 4.74 Å². The Morgan fingerprint density at radius 2 is 1.97 bits per heavy atom. The van der Waals surface area contributed by atoms with Gasteiger partial charge >= 0.3 is 0 Å².